The summed E-state index contributed by atoms with van der Waals surface area (Å²) >= 11 is 0. The summed E-state index contributed by atoms with van der Waals surface area (Å²) in [5, 5.41) is 3.67. The second-order valence-corrected chi connectivity index (χ2v) is 7.07. The van der Waals surface area contributed by atoms with Gasteiger partial charge in [-0.05, 0) is 31.3 Å². The lowest BCUT2D eigenvalue weighted by atomic mass is 9.86. The van der Waals surface area contributed by atoms with Crippen LogP contribution in [0.2, 0.25) is 0 Å². The van der Waals surface area contributed by atoms with E-state index in [2.05, 4.69) is 42.8 Å². The Hall–Kier alpha value is -0.120. The van der Waals surface area contributed by atoms with Crippen molar-refractivity contribution in [3.05, 3.63) is 0 Å². The van der Waals surface area contributed by atoms with Crippen molar-refractivity contribution in [2.24, 2.45) is 5.41 Å². The standard InChI is InChI=1S/C15H31N3/c1-5-16-14(15(2,3)4)12-17-9-10-18-8-6-7-13(18)11-17/h13-14,16H,5-12H2,1-4H3. The van der Waals surface area contributed by atoms with E-state index >= 15 is 0 Å². The van der Waals surface area contributed by atoms with Crippen LogP contribution in [0.5, 0.6) is 0 Å². The molecule has 0 amide bonds. The quantitative estimate of drug-likeness (QED) is 0.824. The molecule has 0 aliphatic carbocycles. The molecule has 0 aromatic heterocycles. The predicted octanol–water partition coefficient (Wildman–Crippen LogP) is 1.79. The molecule has 0 radical (unpaired) electrons. The molecule has 2 saturated heterocycles. The summed E-state index contributed by atoms with van der Waals surface area (Å²) in [6.07, 6.45) is 2.83. The van der Waals surface area contributed by atoms with Crippen molar-refractivity contribution >= 4 is 0 Å². The Balaban J connectivity index is 1.87. The van der Waals surface area contributed by atoms with Crippen LogP contribution in [0, 0.1) is 5.41 Å². The Morgan fingerprint density at radius 2 is 2.00 bits per heavy atom. The molecule has 18 heavy (non-hydrogen) atoms. The van der Waals surface area contributed by atoms with Gasteiger partial charge in [0.2, 0.25) is 0 Å². The maximum absolute atomic E-state index is 3.67. The lowest BCUT2D eigenvalue weighted by Crippen LogP contribution is -2.55. The molecule has 2 heterocycles. The number of nitrogens with one attached hydrogen (secondary N) is 1. The summed E-state index contributed by atoms with van der Waals surface area (Å²) in [5.74, 6) is 0. The van der Waals surface area contributed by atoms with E-state index in [0.29, 0.717) is 11.5 Å². The number of nitrogens with zero attached hydrogens (tertiary/aromatic N) is 2. The summed E-state index contributed by atoms with van der Waals surface area (Å²) in [7, 11) is 0. The fourth-order valence-electron chi connectivity index (χ4n) is 3.37. The van der Waals surface area contributed by atoms with Gasteiger partial charge in [0.05, 0.1) is 0 Å². The molecule has 0 aromatic carbocycles. The molecule has 2 unspecified atom stereocenters. The van der Waals surface area contributed by atoms with Crippen LogP contribution in [0.25, 0.3) is 0 Å². The molecule has 0 spiro atoms. The number of rotatable bonds is 4. The smallest absolute Gasteiger partial charge is 0.0243 e. The van der Waals surface area contributed by atoms with Crippen molar-refractivity contribution in [1.29, 1.82) is 0 Å². The monoisotopic (exact) mass is 253 g/mol. The molecular weight excluding hydrogens is 222 g/mol. The van der Waals surface area contributed by atoms with E-state index in [0.717, 1.165) is 12.6 Å². The molecule has 0 saturated carbocycles. The second kappa shape index (κ2) is 5.89. The van der Waals surface area contributed by atoms with Crippen molar-refractivity contribution in [3.8, 4) is 0 Å². The number of fused-ring (bicyclic) bond motifs is 1. The molecule has 106 valence electrons. The normalized spacial score (nSPS) is 28.3. The van der Waals surface area contributed by atoms with Gasteiger partial charge in [0, 0.05) is 38.3 Å². The van der Waals surface area contributed by atoms with Crippen molar-refractivity contribution in [2.75, 3.05) is 39.3 Å². The molecule has 3 nitrogen and oxygen atoms in total. The summed E-state index contributed by atoms with van der Waals surface area (Å²) in [6.45, 7) is 16.7. The maximum atomic E-state index is 3.67. The van der Waals surface area contributed by atoms with Gasteiger partial charge in [-0.2, -0.15) is 0 Å². The third-order valence-electron chi connectivity index (χ3n) is 4.61. The zero-order chi connectivity index (χ0) is 13.2. The summed E-state index contributed by atoms with van der Waals surface area (Å²) in [6, 6.07) is 1.46. The third kappa shape index (κ3) is 3.46. The van der Waals surface area contributed by atoms with E-state index in [1.165, 1.54) is 45.6 Å². The van der Waals surface area contributed by atoms with E-state index in [4.69, 9.17) is 0 Å². The first-order chi connectivity index (χ1) is 8.50. The van der Waals surface area contributed by atoms with E-state index in [1.54, 1.807) is 0 Å². The highest BCUT2D eigenvalue weighted by Crippen LogP contribution is 2.24. The fraction of sp³-hybridized carbons (Fsp3) is 1.00. The van der Waals surface area contributed by atoms with Gasteiger partial charge in [-0.15, -0.1) is 0 Å². The number of hydrogen-bond donors (Lipinski definition) is 1. The third-order valence-corrected chi connectivity index (χ3v) is 4.61. The first kappa shape index (κ1) is 14.3. The van der Waals surface area contributed by atoms with Crippen LogP contribution in [0.1, 0.15) is 40.5 Å². The Bertz CT molecular complexity index is 259. The Morgan fingerprint density at radius 1 is 1.22 bits per heavy atom. The summed E-state index contributed by atoms with van der Waals surface area (Å²) < 4.78 is 0. The van der Waals surface area contributed by atoms with Crippen LogP contribution in [-0.2, 0) is 0 Å². The number of piperazine rings is 1. The first-order valence-electron chi connectivity index (χ1n) is 7.70. The van der Waals surface area contributed by atoms with Gasteiger partial charge >= 0.3 is 0 Å². The van der Waals surface area contributed by atoms with Crippen molar-refractivity contribution in [2.45, 2.75) is 52.6 Å². The summed E-state index contributed by atoms with van der Waals surface area (Å²) in [4.78, 5) is 5.38. The molecule has 2 fully saturated rings. The van der Waals surface area contributed by atoms with Gasteiger partial charge in [0.1, 0.15) is 0 Å². The largest absolute Gasteiger partial charge is 0.312 e. The highest BCUT2D eigenvalue weighted by molar-refractivity contribution is 4.90. The van der Waals surface area contributed by atoms with E-state index in [1.807, 2.05) is 0 Å². The maximum Gasteiger partial charge on any atom is 0.0243 e. The van der Waals surface area contributed by atoms with Gasteiger partial charge in [-0.3, -0.25) is 9.80 Å². The second-order valence-electron chi connectivity index (χ2n) is 7.07. The Kier molecular flexibility index (Phi) is 4.68. The van der Waals surface area contributed by atoms with Crippen LogP contribution < -0.4 is 5.32 Å². The van der Waals surface area contributed by atoms with Crippen LogP contribution in [0.3, 0.4) is 0 Å². The van der Waals surface area contributed by atoms with Crippen LogP contribution in [-0.4, -0.2) is 61.2 Å². The SMILES string of the molecule is CCNC(CN1CCN2CCCC2C1)C(C)(C)C. The van der Waals surface area contributed by atoms with Crippen LogP contribution in [0.4, 0.5) is 0 Å². The average Bonchev–Trinajstić information content (AvgIpc) is 2.74. The highest BCUT2D eigenvalue weighted by Gasteiger charge is 2.33. The van der Waals surface area contributed by atoms with E-state index in [9.17, 15) is 0 Å². The van der Waals surface area contributed by atoms with Crippen molar-refractivity contribution in [3.63, 3.8) is 0 Å². The molecule has 1 N–H and O–H groups in total. The Labute approximate surface area is 113 Å². The molecule has 0 bridgehead atoms. The van der Waals surface area contributed by atoms with E-state index in [-0.39, 0.29) is 0 Å². The predicted molar refractivity (Wildman–Crippen MR) is 78.0 cm³/mol. The minimum Gasteiger partial charge on any atom is -0.312 e. The van der Waals surface area contributed by atoms with Crippen molar-refractivity contribution in [1.82, 2.24) is 15.1 Å². The van der Waals surface area contributed by atoms with Crippen LogP contribution >= 0.6 is 0 Å². The highest BCUT2D eigenvalue weighted by atomic mass is 15.3. The van der Waals surface area contributed by atoms with Gasteiger partial charge < -0.3 is 5.32 Å². The lowest BCUT2D eigenvalue weighted by Gasteiger charge is -2.41. The molecule has 0 aromatic rings. The molecule has 2 aliphatic rings. The fourth-order valence-corrected chi connectivity index (χ4v) is 3.37. The van der Waals surface area contributed by atoms with Crippen molar-refractivity contribution < 1.29 is 0 Å². The molecule has 2 atom stereocenters. The van der Waals surface area contributed by atoms with E-state index < -0.39 is 0 Å². The lowest BCUT2D eigenvalue weighted by molar-refractivity contribution is 0.0810. The van der Waals surface area contributed by atoms with Gasteiger partial charge in [-0.1, -0.05) is 27.7 Å². The van der Waals surface area contributed by atoms with Gasteiger partial charge in [0.15, 0.2) is 0 Å². The molecule has 2 aliphatic heterocycles. The minimum atomic E-state index is 0.350. The molecule has 3 heteroatoms. The number of likely N-dealkylation sites (N-methyl/N-ethyl adjacent to an activating group) is 1. The average molecular weight is 253 g/mol. The van der Waals surface area contributed by atoms with Gasteiger partial charge in [0.25, 0.3) is 0 Å². The topological polar surface area (TPSA) is 18.5 Å². The first-order valence-corrected chi connectivity index (χ1v) is 7.70. The molecule has 2 rings (SSSR count). The zero-order valence-electron chi connectivity index (χ0n) is 12.7. The molecular formula is C15H31N3. The number of hydrogen-bond acceptors (Lipinski definition) is 3. The van der Waals surface area contributed by atoms with Gasteiger partial charge in [-0.25, -0.2) is 0 Å². The van der Waals surface area contributed by atoms with Crippen LogP contribution in [0.15, 0.2) is 0 Å². The zero-order valence-corrected chi connectivity index (χ0v) is 12.7. The summed E-state index contributed by atoms with van der Waals surface area (Å²) in [5.41, 5.74) is 0.350. The Morgan fingerprint density at radius 3 is 2.67 bits per heavy atom. The minimum absolute atomic E-state index is 0.350.